The second kappa shape index (κ2) is 8.32. The minimum atomic E-state index is -0.523. The Morgan fingerprint density at radius 1 is 1.34 bits per heavy atom. The summed E-state index contributed by atoms with van der Waals surface area (Å²) in [6, 6.07) is 1.75. The maximum absolute atomic E-state index is 14.4. The standard InChI is InChI=1S/C20H22ClFN6O/c1-2-23-20(29)11-4-3-5-13(6-11)27-19-16(22)10-26-18(28-19)15-9-25-17-14(15)7-12(21)8-24-17/h7-11,13H,2-6H2,1H3,(H,23,29)(H,24,25)(H,26,27,28)/t11-,13+/m1/s1. The average molecular weight is 417 g/mol. The van der Waals surface area contributed by atoms with E-state index in [-0.39, 0.29) is 23.7 Å². The van der Waals surface area contributed by atoms with Crippen LogP contribution >= 0.6 is 11.6 Å². The van der Waals surface area contributed by atoms with Gasteiger partial charge in [-0.3, -0.25) is 4.79 Å². The van der Waals surface area contributed by atoms with Crippen LogP contribution in [-0.4, -0.2) is 38.4 Å². The molecule has 3 heterocycles. The fraction of sp³-hybridized carbons (Fsp3) is 0.400. The second-order valence-electron chi connectivity index (χ2n) is 7.24. The van der Waals surface area contributed by atoms with Crippen LogP contribution in [0.1, 0.15) is 32.6 Å². The molecule has 1 fully saturated rings. The summed E-state index contributed by atoms with van der Waals surface area (Å²) in [5.41, 5.74) is 1.35. The molecule has 1 aliphatic rings. The SMILES string of the molecule is CCNC(=O)[C@@H]1CCC[C@H](Nc2nc(-c3c[nH]c4ncc(Cl)cc34)ncc2F)C1. The zero-order valence-corrected chi connectivity index (χ0v) is 16.8. The van der Waals surface area contributed by atoms with Gasteiger partial charge in [-0.1, -0.05) is 18.0 Å². The van der Waals surface area contributed by atoms with Crippen LogP contribution in [0.3, 0.4) is 0 Å². The Kier molecular flexibility index (Phi) is 5.62. The van der Waals surface area contributed by atoms with Crippen LogP contribution in [0.5, 0.6) is 0 Å². The normalized spacial score (nSPS) is 19.3. The van der Waals surface area contributed by atoms with Crippen molar-refractivity contribution in [3.05, 3.63) is 35.5 Å². The molecule has 1 aliphatic carbocycles. The fourth-order valence-corrected chi connectivity index (χ4v) is 3.99. The molecule has 7 nitrogen and oxygen atoms in total. The molecule has 9 heteroatoms. The summed E-state index contributed by atoms with van der Waals surface area (Å²) >= 11 is 6.06. The number of nitrogens with zero attached hydrogens (tertiary/aromatic N) is 3. The van der Waals surface area contributed by atoms with Crippen LogP contribution in [0.2, 0.25) is 5.02 Å². The Hall–Kier alpha value is -2.74. The van der Waals surface area contributed by atoms with Gasteiger partial charge >= 0.3 is 0 Å². The van der Waals surface area contributed by atoms with E-state index in [2.05, 4.69) is 30.6 Å². The first-order valence-corrected chi connectivity index (χ1v) is 10.1. The number of anilines is 1. The minimum absolute atomic E-state index is 0.0207. The lowest BCUT2D eigenvalue weighted by atomic mass is 9.85. The quantitative estimate of drug-likeness (QED) is 0.586. The van der Waals surface area contributed by atoms with Gasteiger partial charge in [0.25, 0.3) is 0 Å². The number of rotatable bonds is 5. The van der Waals surface area contributed by atoms with Crippen molar-refractivity contribution >= 4 is 34.4 Å². The minimum Gasteiger partial charge on any atom is -0.365 e. The summed E-state index contributed by atoms with van der Waals surface area (Å²) in [6.45, 7) is 2.52. The Morgan fingerprint density at radius 2 is 2.21 bits per heavy atom. The molecule has 0 bridgehead atoms. The third-order valence-corrected chi connectivity index (χ3v) is 5.43. The molecule has 0 aliphatic heterocycles. The van der Waals surface area contributed by atoms with Crippen LogP contribution in [0.4, 0.5) is 10.2 Å². The van der Waals surface area contributed by atoms with Crippen molar-refractivity contribution in [2.45, 2.75) is 38.6 Å². The summed E-state index contributed by atoms with van der Waals surface area (Å²) in [6.07, 6.45) is 7.72. The zero-order valence-electron chi connectivity index (χ0n) is 16.0. The van der Waals surface area contributed by atoms with E-state index in [4.69, 9.17) is 11.6 Å². The van der Waals surface area contributed by atoms with E-state index in [0.29, 0.717) is 35.0 Å². The number of aromatic nitrogens is 4. The summed E-state index contributed by atoms with van der Waals surface area (Å²) in [5, 5.41) is 7.32. The Morgan fingerprint density at radius 3 is 3.03 bits per heavy atom. The number of carbonyl (C=O) groups excluding carboxylic acids is 1. The number of fused-ring (bicyclic) bond motifs is 1. The van der Waals surface area contributed by atoms with Gasteiger partial charge in [0.2, 0.25) is 5.91 Å². The molecule has 29 heavy (non-hydrogen) atoms. The van der Waals surface area contributed by atoms with Gasteiger partial charge in [-0.2, -0.15) is 0 Å². The maximum atomic E-state index is 14.4. The highest BCUT2D eigenvalue weighted by Crippen LogP contribution is 2.30. The van der Waals surface area contributed by atoms with Gasteiger partial charge in [-0.05, 0) is 32.3 Å². The highest BCUT2D eigenvalue weighted by molar-refractivity contribution is 6.31. The van der Waals surface area contributed by atoms with Crippen LogP contribution in [0.25, 0.3) is 22.4 Å². The lowest BCUT2D eigenvalue weighted by Crippen LogP contribution is -2.37. The zero-order chi connectivity index (χ0) is 20.4. The van der Waals surface area contributed by atoms with Crippen LogP contribution in [-0.2, 0) is 4.79 Å². The van der Waals surface area contributed by atoms with Gasteiger partial charge in [0.15, 0.2) is 17.5 Å². The van der Waals surface area contributed by atoms with Crippen LogP contribution < -0.4 is 10.6 Å². The van der Waals surface area contributed by atoms with Crippen molar-refractivity contribution in [3.8, 4) is 11.4 Å². The first kappa shape index (κ1) is 19.6. The maximum Gasteiger partial charge on any atom is 0.223 e. The van der Waals surface area contributed by atoms with Crippen molar-refractivity contribution in [2.24, 2.45) is 5.92 Å². The smallest absolute Gasteiger partial charge is 0.223 e. The van der Waals surface area contributed by atoms with Gasteiger partial charge in [-0.25, -0.2) is 19.3 Å². The average Bonchev–Trinajstić information content (AvgIpc) is 3.13. The number of aromatic amines is 1. The van der Waals surface area contributed by atoms with Gasteiger partial charge in [0.1, 0.15) is 5.65 Å². The molecule has 3 aromatic rings. The number of halogens is 2. The van der Waals surface area contributed by atoms with Crippen LogP contribution in [0, 0.1) is 11.7 Å². The lowest BCUT2D eigenvalue weighted by Gasteiger charge is -2.29. The first-order valence-electron chi connectivity index (χ1n) is 9.75. The van der Waals surface area contributed by atoms with E-state index < -0.39 is 5.82 Å². The second-order valence-corrected chi connectivity index (χ2v) is 7.68. The summed E-state index contributed by atoms with van der Waals surface area (Å²) in [4.78, 5) is 28.0. The molecule has 3 aromatic heterocycles. The lowest BCUT2D eigenvalue weighted by molar-refractivity contribution is -0.125. The molecule has 2 atom stereocenters. The molecule has 3 N–H and O–H groups in total. The van der Waals surface area contributed by atoms with Crippen molar-refractivity contribution in [1.29, 1.82) is 0 Å². The topological polar surface area (TPSA) is 95.6 Å². The molecule has 0 radical (unpaired) electrons. The number of H-pyrrole nitrogens is 1. The molecule has 152 valence electrons. The highest BCUT2D eigenvalue weighted by Gasteiger charge is 2.28. The molecule has 1 amide bonds. The van der Waals surface area contributed by atoms with Gasteiger partial charge in [-0.15, -0.1) is 0 Å². The van der Waals surface area contributed by atoms with Crippen molar-refractivity contribution in [2.75, 3.05) is 11.9 Å². The molecule has 0 saturated heterocycles. The third kappa shape index (κ3) is 4.17. The number of hydrogen-bond acceptors (Lipinski definition) is 5. The first-order chi connectivity index (χ1) is 14.0. The number of carbonyl (C=O) groups is 1. The van der Waals surface area contributed by atoms with Crippen molar-refractivity contribution < 1.29 is 9.18 Å². The Bertz CT molecular complexity index is 1040. The predicted octanol–water partition coefficient (Wildman–Crippen LogP) is 3.92. The molecule has 1 saturated carbocycles. The predicted molar refractivity (Wildman–Crippen MR) is 110 cm³/mol. The molecular weight excluding hydrogens is 395 g/mol. The molecular formula is C20H22ClFN6O. The number of nitrogens with one attached hydrogen (secondary N) is 3. The van der Waals surface area contributed by atoms with E-state index in [1.54, 1.807) is 18.5 Å². The van der Waals surface area contributed by atoms with E-state index in [0.717, 1.165) is 30.8 Å². The highest BCUT2D eigenvalue weighted by atomic mass is 35.5. The van der Waals surface area contributed by atoms with Gasteiger partial charge in [0, 0.05) is 41.8 Å². The van der Waals surface area contributed by atoms with E-state index in [1.807, 2.05) is 6.92 Å². The van der Waals surface area contributed by atoms with Gasteiger partial charge in [0.05, 0.1) is 11.2 Å². The largest absolute Gasteiger partial charge is 0.365 e. The van der Waals surface area contributed by atoms with Crippen molar-refractivity contribution in [1.82, 2.24) is 25.3 Å². The van der Waals surface area contributed by atoms with Crippen LogP contribution in [0.15, 0.2) is 24.7 Å². The number of pyridine rings is 1. The van der Waals surface area contributed by atoms with E-state index in [9.17, 15) is 9.18 Å². The van der Waals surface area contributed by atoms with Gasteiger partial charge < -0.3 is 15.6 Å². The number of hydrogen-bond donors (Lipinski definition) is 3. The summed E-state index contributed by atoms with van der Waals surface area (Å²) in [7, 11) is 0. The number of amides is 1. The Labute approximate surface area is 172 Å². The molecule has 4 rings (SSSR count). The van der Waals surface area contributed by atoms with E-state index >= 15 is 0 Å². The third-order valence-electron chi connectivity index (χ3n) is 5.22. The fourth-order valence-electron chi connectivity index (χ4n) is 3.83. The summed E-state index contributed by atoms with van der Waals surface area (Å²) in [5.74, 6) is -0.00973. The summed E-state index contributed by atoms with van der Waals surface area (Å²) < 4.78 is 14.4. The molecule has 0 unspecified atom stereocenters. The Balaban J connectivity index is 1.57. The molecule has 0 spiro atoms. The van der Waals surface area contributed by atoms with Crippen molar-refractivity contribution in [3.63, 3.8) is 0 Å². The van der Waals surface area contributed by atoms with E-state index in [1.165, 1.54) is 0 Å². The monoisotopic (exact) mass is 416 g/mol. The molecule has 0 aromatic carbocycles.